The summed E-state index contributed by atoms with van der Waals surface area (Å²) in [6, 6.07) is 10.7. The van der Waals surface area contributed by atoms with Gasteiger partial charge in [-0.05, 0) is 51.9 Å². The standard InChI is InChI=1S/C16H15BrN4/c17-14-10-19-21-6-5-15(20-16(14)21)18-9-11-7-12-3-1-2-4-13(12)8-11/h1-6,10-11H,7-9H2,(H,18,20). The van der Waals surface area contributed by atoms with Crippen molar-refractivity contribution in [3.05, 3.63) is 58.3 Å². The molecule has 5 heteroatoms. The molecule has 0 radical (unpaired) electrons. The highest BCUT2D eigenvalue weighted by Crippen LogP contribution is 2.26. The van der Waals surface area contributed by atoms with Crippen LogP contribution in [0.4, 0.5) is 5.82 Å². The Hall–Kier alpha value is -1.88. The van der Waals surface area contributed by atoms with Crippen LogP contribution in [0, 0.1) is 5.92 Å². The largest absolute Gasteiger partial charge is 0.370 e. The average molecular weight is 343 g/mol. The van der Waals surface area contributed by atoms with Crippen LogP contribution in [-0.4, -0.2) is 21.1 Å². The normalized spacial score (nSPS) is 14.5. The predicted octanol–water partition coefficient (Wildman–Crippen LogP) is 3.32. The zero-order valence-electron chi connectivity index (χ0n) is 11.5. The summed E-state index contributed by atoms with van der Waals surface area (Å²) in [5.74, 6) is 1.55. The van der Waals surface area contributed by atoms with Gasteiger partial charge in [-0.1, -0.05) is 24.3 Å². The van der Waals surface area contributed by atoms with E-state index in [2.05, 4.69) is 55.6 Å². The lowest BCUT2D eigenvalue weighted by molar-refractivity contribution is 0.592. The first-order valence-electron chi connectivity index (χ1n) is 7.10. The molecular formula is C16H15BrN4. The molecule has 0 amide bonds. The molecule has 0 spiro atoms. The fourth-order valence-corrected chi connectivity index (χ4v) is 3.34. The van der Waals surface area contributed by atoms with E-state index in [0.29, 0.717) is 5.92 Å². The van der Waals surface area contributed by atoms with Gasteiger partial charge in [0.1, 0.15) is 5.82 Å². The quantitative estimate of drug-likeness (QED) is 0.793. The molecule has 2 heterocycles. The molecule has 1 aliphatic rings. The van der Waals surface area contributed by atoms with Crippen LogP contribution in [0.3, 0.4) is 0 Å². The smallest absolute Gasteiger partial charge is 0.171 e. The van der Waals surface area contributed by atoms with E-state index in [9.17, 15) is 0 Å². The van der Waals surface area contributed by atoms with E-state index in [1.807, 2.05) is 12.3 Å². The van der Waals surface area contributed by atoms with Gasteiger partial charge in [-0.25, -0.2) is 9.50 Å². The number of halogens is 1. The molecule has 0 bridgehead atoms. The van der Waals surface area contributed by atoms with E-state index in [1.165, 1.54) is 11.1 Å². The Morgan fingerprint density at radius 1 is 1.19 bits per heavy atom. The zero-order valence-corrected chi connectivity index (χ0v) is 13.0. The second-order valence-electron chi connectivity index (χ2n) is 5.50. The van der Waals surface area contributed by atoms with Crippen LogP contribution >= 0.6 is 15.9 Å². The number of nitrogens with zero attached hydrogens (tertiary/aromatic N) is 3. The highest BCUT2D eigenvalue weighted by atomic mass is 79.9. The summed E-state index contributed by atoms with van der Waals surface area (Å²) in [5, 5.41) is 7.66. The summed E-state index contributed by atoms with van der Waals surface area (Å²) in [4.78, 5) is 4.59. The summed E-state index contributed by atoms with van der Waals surface area (Å²) < 4.78 is 2.68. The van der Waals surface area contributed by atoms with Crippen LogP contribution in [0.15, 0.2) is 47.2 Å². The van der Waals surface area contributed by atoms with Crippen molar-refractivity contribution in [2.75, 3.05) is 11.9 Å². The zero-order chi connectivity index (χ0) is 14.2. The molecule has 0 aliphatic heterocycles. The van der Waals surface area contributed by atoms with E-state index in [1.54, 1.807) is 10.7 Å². The van der Waals surface area contributed by atoms with Gasteiger partial charge in [0.25, 0.3) is 0 Å². The number of rotatable bonds is 3. The first-order chi connectivity index (χ1) is 10.3. The molecule has 4 nitrogen and oxygen atoms in total. The monoisotopic (exact) mass is 342 g/mol. The lowest BCUT2D eigenvalue weighted by Gasteiger charge is -2.11. The number of nitrogens with one attached hydrogen (secondary N) is 1. The van der Waals surface area contributed by atoms with Crippen LogP contribution in [0.2, 0.25) is 0 Å². The third-order valence-corrected chi connectivity index (χ3v) is 4.59. The molecule has 21 heavy (non-hydrogen) atoms. The van der Waals surface area contributed by atoms with Crippen LogP contribution in [0.5, 0.6) is 0 Å². The Morgan fingerprint density at radius 2 is 1.95 bits per heavy atom. The van der Waals surface area contributed by atoms with Gasteiger partial charge in [-0.3, -0.25) is 0 Å². The molecule has 0 atom stereocenters. The Morgan fingerprint density at radius 3 is 2.71 bits per heavy atom. The Bertz CT molecular complexity index is 771. The van der Waals surface area contributed by atoms with Gasteiger partial charge in [0.15, 0.2) is 5.65 Å². The Labute approximate surface area is 131 Å². The number of benzene rings is 1. The van der Waals surface area contributed by atoms with Crippen molar-refractivity contribution < 1.29 is 0 Å². The van der Waals surface area contributed by atoms with Crippen molar-refractivity contribution in [3.8, 4) is 0 Å². The fraction of sp³-hybridized carbons (Fsp3) is 0.250. The molecule has 4 rings (SSSR count). The van der Waals surface area contributed by atoms with Crippen LogP contribution in [0.1, 0.15) is 11.1 Å². The molecule has 1 aromatic carbocycles. The molecule has 0 fully saturated rings. The van der Waals surface area contributed by atoms with Gasteiger partial charge in [-0.2, -0.15) is 5.10 Å². The fourth-order valence-electron chi connectivity index (χ4n) is 2.98. The minimum Gasteiger partial charge on any atom is -0.370 e. The topological polar surface area (TPSA) is 42.2 Å². The second-order valence-corrected chi connectivity index (χ2v) is 6.35. The van der Waals surface area contributed by atoms with Gasteiger partial charge in [0.2, 0.25) is 0 Å². The summed E-state index contributed by atoms with van der Waals surface area (Å²) in [6.45, 7) is 0.948. The van der Waals surface area contributed by atoms with Crippen molar-refractivity contribution in [2.24, 2.45) is 5.92 Å². The van der Waals surface area contributed by atoms with E-state index < -0.39 is 0 Å². The number of fused-ring (bicyclic) bond motifs is 2. The van der Waals surface area contributed by atoms with Crippen molar-refractivity contribution in [2.45, 2.75) is 12.8 Å². The molecule has 1 aliphatic carbocycles. The number of anilines is 1. The third-order valence-electron chi connectivity index (χ3n) is 4.03. The summed E-state index contributed by atoms with van der Waals surface area (Å²) in [6.07, 6.45) is 6.00. The molecule has 0 unspecified atom stereocenters. The van der Waals surface area contributed by atoms with Crippen LogP contribution < -0.4 is 5.32 Å². The minimum absolute atomic E-state index is 0.647. The van der Waals surface area contributed by atoms with Crippen molar-refractivity contribution in [1.82, 2.24) is 14.6 Å². The van der Waals surface area contributed by atoms with Crippen LogP contribution in [0.25, 0.3) is 5.65 Å². The number of hydrogen-bond acceptors (Lipinski definition) is 3. The van der Waals surface area contributed by atoms with Crippen molar-refractivity contribution in [3.63, 3.8) is 0 Å². The first kappa shape index (κ1) is 12.8. The Balaban J connectivity index is 1.46. The molecule has 106 valence electrons. The van der Waals surface area contributed by atoms with Crippen molar-refractivity contribution in [1.29, 1.82) is 0 Å². The third kappa shape index (κ3) is 2.42. The van der Waals surface area contributed by atoms with Gasteiger partial charge < -0.3 is 5.32 Å². The summed E-state index contributed by atoms with van der Waals surface area (Å²) >= 11 is 3.46. The molecule has 3 aromatic rings. The maximum atomic E-state index is 4.59. The predicted molar refractivity (Wildman–Crippen MR) is 86.5 cm³/mol. The Kier molecular flexibility index (Phi) is 3.15. The van der Waals surface area contributed by atoms with Crippen LogP contribution in [-0.2, 0) is 12.8 Å². The average Bonchev–Trinajstić information content (AvgIpc) is 3.09. The highest BCUT2D eigenvalue weighted by molar-refractivity contribution is 9.10. The van der Waals surface area contributed by atoms with Gasteiger partial charge in [0, 0.05) is 12.7 Å². The van der Waals surface area contributed by atoms with Gasteiger partial charge >= 0.3 is 0 Å². The lowest BCUT2D eigenvalue weighted by atomic mass is 10.1. The highest BCUT2D eigenvalue weighted by Gasteiger charge is 2.20. The maximum Gasteiger partial charge on any atom is 0.171 e. The van der Waals surface area contributed by atoms with E-state index in [4.69, 9.17) is 0 Å². The molecule has 1 N–H and O–H groups in total. The summed E-state index contributed by atoms with van der Waals surface area (Å²) in [7, 11) is 0. The van der Waals surface area contributed by atoms with Gasteiger partial charge in [0.05, 0.1) is 10.7 Å². The van der Waals surface area contributed by atoms with E-state index in [-0.39, 0.29) is 0 Å². The van der Waals surface area contributed by atoms with Gasteiger partial charge in [-0.15, -0.1) is 0 Å². The molecule has 0 saturated heterocycles. The molecule has 0 saturated carbocycles. The van der Waals surface area contributed by atoms with E-state index >= 15 is 0 Å². The number of hydrogen-bond donors (Lipinski definition) is 1. The van der Waals surface area contributed by atoms with E-state index in [0.717, 1.165) is 35.3 Å². The molecule has 2 aromatic heterocycles. The van der Waals surface area contributed by atoms with Crippen molar-refractivity contribution >= 4 is 27.4 Å². The lowest BCUT2D eigenvalue weighted by Crippen LogP contribution is -2.15. The number of aromatic nitrogens is 3. The second kappa shape index (κ2) is 5.15. The summed E-state index contributed by atoms with van der Waals surface area (Å²) in [5.41, 5.74) is 3.83. The SMILES string of the molecule is Brc1cnn2ccc(NCC3Cc4ccccc4C3)nc12. The first-order valence-corrected chi connectivity index (χ1v) is 7.89. The minimum atomic E-state index is 0.647. The maximum absolute atomic E-state index is 4.59. The molecular weight excluding hydrogens is 328 g/mol.